The van der Waals surface area contributed by atoms with E-state index in [1.807, 2.05) is 0 Å². The molecule has 1 heterocycles. The van der Waals surface area contributed by atoms with Gasteiger partial charge in [-0.2, -0.15) is 0 Å². The maximum absolute atomic E-state index is 14.5. The molecule has 0 bridgehead atoms. The van der Waals surface area contributed by atoms with Crippen LogP contribution in [0.3, 0.4) is 0 Å². The van der Waals surface area contributed by atoms with Gasteiger partial charge in [0.05, 0.1) is 24.9 Å². The highest BCUT2D eigenvalue weighted by atomic mass is 19.1. The zero-order valence-corrected chi connectivity index (χ0v) is 18.7. The molecule has 1 fully saturated rings. The van der Waals surface area contributed by atoms with Gasteiger partial charge in [-0.15, -0.1) is 0 Å². The van der Waals surface area contributed by atoms with Crippen molar-refractivity contribution in [3.8, 4) is 28.1 Å². The molecule has 3 aromatic rings. The van der Waals surface area contributed by atoms with Crippen molar-refractivity contribution in [3.05, 3.63) is 75.6 Å². The monoisotopic (exact) mass is 449 g/mol. The van der Waals surface area contributed by atoms with Gasteiger partial charge in [-0.1, -0.05) is 43.9 Å². The lowest BCUT2D eigenvalue weighted by Gasteiger charge is -2.21. The van der Waals surface area contributed by atoms with Crippen LogP contribution in [-0.4, -0.2) is 16.7 Å². The first-order valence-corrected chi connectivity index (χ1v) is 11.1. The van der Waals surface area contributed by atoms with Gasteiger partial charge < -0.3 is 4.74 Å². The Morgan fingerprint density at radius 2 is 1.70 bits per heavy atom. The van der Waals surface area contributed by atoms with E-state index in [1.54, 1.807) is 23.7 Å². The zero-order chi connectivity index (χ0) is 23.5. The largest absolute Gasteiger partial charge is 0.494 e. The molecule has 1 aliphatic rings. The molecule has 0 atom stereocenters. The normalized spacial score (nSPS) is 14.5. The molecule has 0 N–H and O–H groups in total. The second-order valence-corrected chi connectivity index (χ2v) is 8.37. The maximum Gasteiger partial charge on any atom is 0.261 e. The fraction of sp³-hybridized carbons (Fsp3) is 0.346. The number of halogens is 2. The van der Waals surface area contributed by atoms with E-state index in [0.29, 0.717) is 17.0 Å². The first-order chi connectivity index (χ1) is 15.9. The zero-order valence-electron chi connectivity index (χ0n) is 18.7. The molecule has 170 valence electrons. The third-order valence-electron chi connectivity index (χ3n) is 6.33. The van der Waals surface area contributed by atoms with Crippen LogP contribution in [0.25, 0.3) is 27.2 Å². The van der Waals surface area contributed by atoms with Crippen LogP contribution in [0.2, 0.25) is 0 Å². The van der Waals surface area contributed by atoms with Crippen LogP contribution in [-0.2, 0) is 7.05 Å². The predicted octanol–water partition coefficient (Wildman–Crippen LogP) is 6.39. The fourth-order valence-corrected chi connectivity index (χ4v) is 4.56. The smallest absolute Gasteiger partial charge is 0.261 e. The molecule has 0 amide bonds. The lowest BCUT2D eigenvalue weighted by atomic mass is 9.96. The van der Waals surface area contributed by atoms with Crippen LogP contribution in [0.1, 0.15) is 50.3 Å². The molecule has 0 radical (unpaired) electrons. The highest BCUT2D eigenvalue weighted by Gasteiger charge is 2.25. The van der Waals surface area contributed by atoms with E-state index in [4.69, 9.17) is 16.3 Å². The van der Waals surface area contributed by atoms with Crippen molar-refractivity contribution in [2.75, 3.05) is 7.11 Å². The van der Waals surface area contributed by atoms with Gasteiger partial charge in [-0.25, -0.2) is 18.6 Å². The Hall–Kier alpha value is -3.53. The Morgan fingerprint density at radius 3 is 2.30 bits per heavy atom. The van der Waals surface area contributed by atoms with Crippen LogP contribution in [0.5, 0.6) is 5.75 Å². The van der Waals surface area contributed by atoms with E-state index in [0.717, 1.165) is 38.5 Å². The van der Waals surface area contributed by atoms with Crippen LogP contribution in [0, 0.1) is 18.2 Å². The topological polar surface area (TPSA) is 48.5 Å². The summed E-state index contributed by atoms with van der Waals surface area (Å²) in [6, 6.07) is 8.46. The third-order valence-corrected chi connectivity index (χ3v) is 6.33. The van der Waals surface area contributed by atoms with E-state index in [2.05, 4.69) is 4.85 Å². The quantitative estimate of drug-likeness (QED) is 0.343. The summed E-state index contributed by atoms with van der Waals surface area (Å²) in [4.78, 5) is 21.7. The van der Waals surface area contributed by atoms with E-state index in [9.17, 15) is 13.6 Å². The minimum Gasteiger partial charge on any atom is -0.494 e. The Bertz CT molecular complexity index is 1290. The fourth-order valence-electron chi connectivity index (χ4n) is 4.56. The Balaban J connectivity index is 1.98. The molecule has 1 aliphatic carbocycles. The number of aromatic nitrogens is 2. The molecular weight excluding hydrogens is 424 g/mol. The van der Waals surface area contributed by atoms with E-state index < -0.39 is 11.6 Å². The van der Waals surface area contributed by atoms with Crippen molar-refractivity contribution in [3.63, 3.8) is 0 Å². The van der Waals surface area contributed by atoms with Crippen LogP contribution in [0.4, 0.5) is 14.5 Å². The lowest BCUT2D eigenvalue weighted by Crippen LogP contribution is -2.27. The van der Waals surface area contributed by atoms with Gasteiger partial charge in [0.2, 0.25) is 5.69 Å². The molecule has 0 aliphatic heterocycles. The summed E-state index contributed by atoms with van der Waals surface area (Å²) in [5.41, 5.74) is 0.753. The molecular formula is C26H25F2N3O2. The molecule has 1 saturated carbocycles. The number of rotatable bonds is 4. The van der Waals surface area contributed by atoms with Gasteiger partial charge >= 0.3 is 0 Å². The number of hydrogen-bond acceptors (Lipinski definition) is 3. The van der Waals surface area contributed by atoms with Gasteiger partial charge in [0.1, 0.15) is 11.6 Å². The standard InChI is InChI=1S/C26H25F2N3O2/c1-29-21-12-10-18(15-19(21)27)24-23(17-11-13-22(33-3)20(28)14-17)26(32)31(2)25(30-24)16-8-6-4-5-7-9-16/h10-16H,4-9H2,2-3H3. The Labute approximate surface area is 191 Å². The van der Waals surface area contributed by atoms with Crippen molar-refractivity contribution in [2.45, 2.75) is 44.4 Å². The molecule has 1 aromatic heterocycles. The van der Waals surface area contributed by atoms with Gasteiger partial charge in [-0.3, -0.25) is 9.36 Å². The van der Waals surface area contributed by atoms with Crippen molar-refractivity contribution in [1.82, 2.24) is 9.55 Å². The molecule has 2 aromatic carbocycles. The summed E-state index contributed by atoms with van der Waals surface area (Å²) in [5, 5.41) is 0. The number of ether oxygens (including phenoxy) is 1. The summed E-state index contributed by atoms with van der Waals surface area (Å²) < 4.78 is 35.6. The molecule has 0 unspecified atom stereocenters. The van der Waals surface area contributed by atoms with Crippen molar-refractivity contribution in [1.29, 1.82) is 0 Å². The molecule has 5 nitrogen and oxygen atoms in total. The van der Waals surface area contributed by atoms with E-state index >= 15 is 0 Å². The molecule has 4 rings (SSSR count). The molecule has 0 saturated heterocycles. The van der Waals surface area contributed by atoms with Crippen molar-refractivity contribution < 1.29 is 13.5 Å². The van der Waals surface area contributed by atoms with Crippen LogP contribution in [0.15, 0.2) is 41.2 Å². The van der Waals surface area contributed by atoms with Crippen molar-refractivity contribution in [2.24, 2.45) is 7.05 Å². The summed E-state index contributed by atoms with van der Waals surface area (Å²) in [5.74, 6) is -0.451. The van der Waals surface area contributed by atoms with Crippen molar-refractivity contribution >= 4 is 5.69 Å². The second-order valence-electron chi connectivity index (χ2n) is 8.37. The van der Waals surface area contributed by atoms with Gasteiger partial charge in [-0.05, 0) is 36.6 Å². The number of nitrogens with zero attached hydrogens (tertiary/aromatic N) is 3. The van der Waals surface area contributed by atoms with Crippen LogP contribution < -0.4 is 10.3 Å². The molecule has 0 spiro atoms. The average molecular weight is 450 g/mol. The average Bonchev–Trinajstić information content (AvgIpc) is 3.10. The number of benzene rings is 2. The second kappa shape index (κ2) is 9.53. The lowest BCUT2D eigenvalue weighted by molar-refractivity contribution is 0.386. The first-order valence-electron chi connectivity index (χ1n) is 11.1. The summed E-state index contributed by atoms with van der Waals surface area (Å²) in [6.07, 6.45) is 6.31. The third kappa shape index (κ3) is 4.38. The summed E-state index contributed by atoms with van der Waals surface area (Å²) >= 11 is 0. The predicted molar refractivity (Wildman–Crippen MR) is 124 cm³/mol. The molecule has 33 heavy (non-hydrogen) atoms. The highest BCUT2D eigenvalue weighted by molar-refractivity contribution is 5.81. The van der Waals surface area contributed by atoms with E-state index in [1.165, 1.54) is 31.4 Å². The van der Waals surface area contributed by atoms with Gasteiger partial charge in [0, 0.05) is 18.5 Å². The van der Waals surface area contributed by atoms with Gasteiger partial charge in [0.15, 0.2) is 11.6 Å². The van der Waals surface area contributed by atoms with E-state index in [-0.39, 0.29) is 34.2 Å². The molecule has 7 heteroatoms. The van der Waals surface area contributed by atoms with Crippen LogP contribution >= 0.6 is 0 Å². The number of hydrogen-bond donors (Lipinski definition) is 0. The first kappa shape index (κ1) is 22.7. The SMILES string of the molecule is [C-]#[N+]c1ccc(-c2nc(C3CCCCCC3)n(C)c(=O)c2-c2ccc(OC)c(F)c2)cc1F. The Kier molecular flexibility index (Phi) is 6.55. The summed E-state index contributed by atoms with van der Waals surface area (Å²) in [6.45, 7) is 7.11. The minimum absolute atomic E-state index is 0.0626. The Morgan fingerprint density at radius 1 is 1.03 bits per heavy atom. The maximum atomic E-state index is 14.5. The van der Waals surface area contributed by atoms with Gasteiger partial charge in [0.25, 0.3) is 5.56 Å². The summed E-state index contributed by atoms with van der Waals surface area (Å²) in [7, 11) is 3.05. The highest BCUT2D eigenvalue weighted by Crippen LogP contribution is 2.36. The number of methoxy groups -OCH3 is 1. The minimum atomic E-state index is -0.687.